The van der Waals surface area contributed by atoms with E-state index in [-0.39, 0.29) is 17.4 Å². The first-order valence-corrected chi connectivity index (χ1v) is 9.01. The zero-order chi connectivity index (χ0) is 17.6. The molecular weight excluding hydrogens is 316 g/mol. The van der Waals surface area contributed by atoms with Crippen molar-refractivity contribution in [3.63, 3.8) is 0 Å². The number of rotatable bonds is 8. The van der Waals surface area contributed by atoms with E-state index in [2.05, 4.69) is 19.2 Å². The highest BCUT2D eigenvalue weighted by Gasteiger charge is 2.18. The Kier molecular flexibility index (Phi) is 7.02. The van der Waals surface area contributed by atoms with Gasteiger partial charge in [-0.05, 0) is 43.0 Å². The predicted octanol–water partition coefficient (Wildman–Crippen LogP) is 1.79. The third-order valence-electron chi connectivity index (χ3n) is 3.33. The van der Waals surface area contributed by atoms with Crippen molar-refractivity contribution in [1.82, 2.24) is 9.62 Å². The molecule has 0 bridgehead atoms. The van der Waals surface area contributed by atoms with Crippen LogP contribution >= 0.6 is 0 Å². The Balaban J connectivity index is 2.64. The summed E-state index contributed by atoms with van der Waals surface area (Å²) >= 11 is 0. The molecule has 1 aromatic carbocycles. The molecule has 0 radical (unpaired) electrons. The molecule has 0 aliphatic rings. The number of carbonyl (C=O) groups is 1. The molecule has 0 saturated heterocycles. The minimum Gasteiger partial charge on any atom is -0.484 e. The number of benzene rings is 1. The summed E-state index contributed by atoms with van der Waals surface area (Å²) in [5.74, 6) is 0.849. The number of nitrogens with zero attached hydrogens (tertiary/aromatic N) is 1. The van der Waals surface area contributed by atoms with Gasteiger partial charge in [0.25, 0.3) is 5.91 Å². The van der Waals surface area contributed by atoms with Crippen molar-refractivity contribution in [2.45, 2.75) is 32.1 Å². The summed E-state index contributed by atoms with van der Waals surface area (Å²) in [5.41, 5.74) is 0.669. The Labute approximate surface area is 138 Å². The topological polar surface area (TPSA) is 75.7 Å². The molecule has 1 aromatic rings. The van der Waals surface area contributed by atoms with Crippen LogP contribution in [0.5, 0.6) is 5.75 Å². The van der Waals surface area contributed by atoms with Crippen molar-refractivity contribution in [2.24, 2.45) is 5.92 Å². The van der Waals surface area contributed by atoms with Crippen LogP contribution in [0.25, 0.3) is 0 Å². The highest BCUT2D eigenvalue weighted by atomic mass is 32.2. The van der Waals surface area contributed by atoms with Gasteiger partial charge in [-0.1, -0.05) is 13.8 Å². The molecular formula is C16H26N2O4S. The zero-order valence-corrected chi connectivity index (χ0v) is 15.2. The van der Waals surface area contributed by atoms with Gasteiger partial charge in [0.2, 0.25) is 10.0 Å². The molecule has 0 aliphatic carbocycles. The lowest BCUT2D eigenvalue weighted by Gasteiger charge is -2.14. The largest absolute Gasteiger partial charge is 0.484 e. The van der Waals surface area contributed by atoms with Gasteiger partial charge >= 0.3 is 0 Å². The molecule has 6 nitrogen and oxygen atoms in total. The molecule has 1 rings (SSSR count). The summed E-state index contributed by atoms with van der Waals surface area (Å²) in [6, 6.07) is 4.60. The fraction of sp³-hybridized carbons (Fsp3) is 0.562. The van der Waals surface area contributed by atoms with Gasteiger partial charge in [-0.2, -0.15) is 0 Å². The normalized spacial score (nSPS) is 11.8. The van der Waals surface area contributed by atoms with E-state index < -0.39 is 10.0 Å². The molecule has 0 fully saturated rings. The molecule has 0 aromatic heterocycles. The summed E-state index contributed by atoms with van der Waals surface area (Å²) in [6.07, 6.45) is 0.919. The minimum atomic E-state index is -3.47. The molecule has 23 heavy (non-hydrogen) atoms. The molecule has 0 spiro atoms. The molecule has 0 atom stereocenters. The molecule has 130 valence electrons. The molecule has 1 amide bonds. The number of sulfonamides is 1. The van der Waals surface area contributed by atoms with E-state index in [9.17, 15) is 13.2 Å². The Bertz CT molecular complexity index is 639. The molecule has 0 heterocycles. The summed E-state index contributed by atoms with van der Waals surface area (Å²) in [6.45, 7) is 6.48. The van der Waals surface area contributed by atoms with Crippen molar-refractivity contribution in [3.8, 4) is 5.75 Å². The van der Waals surface area contributed by atoms with Crippen molar-refractivity contribution in [1.29, 1.82) is 0 Å². The van der Waals surface area contributed by atoms with Gasteiger partial charge in [0.15, 0.2) is 6.61 Å². The van der Waals surface area contributed by atoms with Gasteiger partial charge in [-0.15, -0.1) is 0 Å². The van der Waals surface area contributed by atoms with E-state index in [1.165, 1.54) is 20.2 Å². The van der Waals surface area contributed by atoms with Crippen molar-refractivity contribution < 1.29 is 17.9 Å². The number of hydrogen-bond donors (Lipinski definition) is 1. The van der Waals surface area contributed by atoms with Gasteiger partial charge < -0.3 is 10.1 Å². The predicted molar refractivity (Wildman–Crippen MR) is 90.0 cm³/mol. The highest BCUT2D eigenvalue weighted by molar-refractivity contribution is 7.89. The first-order chi connectivity index (χ1) is 10.6. The van der Waals surface area contributed by atoms with Crippen LogP contribution in [0.15, 0.2) is 23.1 Å². The summed E-state index contributed by atoms with van der Waals surface area (Å²) in [5, 5.41) is 2.79. The number of carbonyl (C=O) groups excluding carboxylic acids is 1. The van der Waals surface area contributed by atoms with E-state index in [1.807, 2.05) is 0 Å². The van der Waals surface area contributed by atoms with Gasteiger partial charge in [0.05, 0.1) is 4.90 Å². The van der Waals surface area contributed by atoms with Crippen LogP contribution in [0, 0.1) is 12.8 Å². The number of ether oxygens (including phenoxy) is 1. The lowest BCUT2D eigenvalue weighted by atomic mass is 10.1. The Hall–Kier alpha value is -1.60. The number of aryl methyl sites for hydroxylation is 1. The van der Waals surface area contributed by atoms with Crippen LogP contribution in [0.2, 0.25) is 0 Å². The Morgan fingerprint density at radius 1 is 1.30 bits per heavy atom. The van der Waals surface area contributed by atoms with Gasteiger partial charge in [-0.25, -0.2) is 12.7 Å². The lowest BCUT2D eigenvalue weighted by molar-refractivity contribution is -0.123. The summed E-state index contributed by atoms with van der Waals surface area (Å²) in [7, 11) is -0.504. The van der Waals surface area contributed by atoms with Crippen LogP contribution in [0.4, 0.5) is 0 Å². The van der Waals surface area contributed by atoms with Crippen LogP contribution in [0.3, 0.4) is 0 Å². The number of hydrogen-bond acceptors (Lipinski definition) is 4. The van der Waals surface area contributed by atoms with E-state index in [4.69, 9.17) is 4.74 Å². The van der Waals surface area contributed by atoms with E-state index >= 15 is 0 Å². The second-order valence-corrected chi connectivity index (χ2v) is 8.19. The maximum Gasteiger partial charge on any atom is 0.257 e. The first-order valence-electron chi connectivity index (χ1n) is 7.57. The molecule has 7 heteroatoms. The van der Waals surface area contributed by atoms with Crippen LogP contribution in [0.1, 0.15) is 25.8 Å². The van der Waals surface area contributed by atoms with Crippen LogP contribution in [-0.4, -0.2) is 45.9 Å². The Morgan fingerprint density at radius 2 is 1.96 bits per heavy atom. The zero-order valence-electron chi connectivity index (χ0n) is 14.4. The van der Waals surface area contributed by atoms with Crippen molar-refractivity contribution in [3.05, 3.63) is 23.8 Å². The second-order valence-electron chi connectivity index (χ2n) is 6.04. The van der Waals surface area contributed by atoms with Crippen LogP contribution in [-0.2, 0) is 14.8 Å². The first kappa shape index (κ1) is 19.4. The van der Waals surface area contributed by atoms with E-state index in [0.29, 0.717) is 23.8 Å². The van der Waals surface area contributed by atoms with E-state index in [0.717, 1.165) is 10.7 Å². The van der Waals surface area contributed by atoms with Crippen molar-refractivity contribution in [2.75, 3.05) is 27.2 Å². The van der Waals surface area contributed by atoms with Gasteiger partial charge in [0.1, 0.15) is 5.75 Å². The van der Waals surface area contributed by atoms with Crippen molar-refractivity contribution >= 4 is 15.9 Å². The fourth-order valence-electron chi connectivity index (χ4n) is 1.85. The quantitative estimate of drug-likeness (QED) is 0.781. The Morgan fingerprint density at radius 3 is 2.48 bits per heavy atom. The molecule has 0 saturated carbocycles. The third-order valence-corrected chi connectivity index (χ3v) is 5.14. The molecule has 0 aliphatic heterocycles. The minimum absolute atomic E-state index is 0.0846. The third kappa shape index (κ3) is 5.84. The summed E-state index contributed by atoms with van der Waals surface area (Å²) < 4.78 is 30.7. The smallest absolute Gasteiger partial charge is 0.257 e. The summed E-state index contributed by atoms with van der Waals surface area (Å²) in [4.78, 5) is 11.9. The van der Waals surface area contributed by atoms with Crippen LogP contribution < -0.4 is 10.1 Å². The van der Waals surface area contributed by atoms with Gasteiger partial charge in [-0.3, -0.25) is 4.79 Å². The monoisotopic (exact) mass is 342 g/mol. The maximum absolute atomic E-state index is 12.1. The fourth-order valence-corrected chi connectivity index (χ4v) is 2.84. The lowest BCUT2D eigenvalue weighted by Crippen LogP contribution is -2.30. The molecule has 0 unspecified atom stereocenters. The maximum atomic E-state index is 12.1. The standard InChI is InChI=1S/C16H26N2O4S/c1-12(2)8-9-17-16(19)11-22-15-7-6-14(10-13(15)3)23(20,21)18(4)5/h6-7,10,12H,8-9,11H2,1-5H3,(H,17,19). The molecule has 1 N–H and O–H groups in total. The van der Waals surface area contributed by atoms with E-state index in [1.54, 1.807) is 19.1 Å². The number of amides is 1. The number of nitrogens with one attached hydrogen (secondary N) is 1. The average molecular weight is 342 g/mol. The second kappa shape index (κ2) is 8.31. The average Bonchev–Trinajstić information content (AvgIpc) is 2.45. The van der Waals surface area contributed by atoms with Gasteiger partial charge in [0, 0.05) is 20.6 Å². The highest BCUT2D eigenvalue weighted by Crippen LogP contribution is 2.23. The SMILES string of the molecule is Cc1cc(S(=O)(=O)N(C)C)ccc1OCC(=O)NCCC(C)C.